The van der Waals surface area contributed by atoms with Crippen LogP contribution in [-0.4, -0.2) is 12.5 Å². The Morgan fingerprint density at radius 3 is 2.17 bits per heavy atom. The molecule has 0 atom stereocenters. The minimum Gasteiger partial charge on any atom is -0.106 e. The predicted molar refractivity (Wildman–Crippen MR) is 57.7 cm³/mol. The molecule has 0 amide bonds. The Bertz CT molecular complexity index is 299. The fourth-order valence-electron chi connectivity index (χ4n) is 0.982. The van der Waals surface area contributed by atoms with Gasteiger partial charge in [-0.15, -0.1) is 4.21 Å². The Labute approximate surface area is 82.7 Å². The van der Waals surface area contributed by atoms with Gasteiger partial charge in [-0.1, -0.05) is 28.1 Å². The van der Waals surface area contributed by atoms with E-state index in [9.17, 15) is 4.21 Å². The standard InChI is InChI=1S/C9H12BrOS/c1-12(2,11)7-8-3-5-9(10)6-4-8/h3-6H,7H2,1-2H3/q+1. The normalized spacial score (nSPS) is 11.6. The van der Waals surface area contributed by atoms with Gasteiger partial charge in [0.2, 0.25) is 0 Å². The van der Waals surface area contributed by atoms with Crippen LogP contribution in [0.25, 0.3) is 0 Å². The van der Waals surface area contributed by atoms with Crippen LogP contribution in [-0.2, 0) is 19.9 Å². The highest BCUT2D eigenvalue weighted by molar-refractivity contribution is 9.10. The predicted octanol–water partition coefficient (Wildman–Crippen LogP) is 2.71. The van der Waals surface area contributed by atoms with E-state index in [4.69, 9.17) is 0 Å². The van der Waals surface area contributed by atoms with Gasteiger partial charge >= 0.3 is 0 Å². The number of benzene rings is 1. The minimum atomic E-state index is -1.66. The van der Waals surface area contributed by atoms with Gasteiger partial charge in [0, 0.05) is 10.0 Å². The maximum atomic E-state index is 11.4. The summed E-state index contributed by atoms with van der Waals surface area (Å²) >= 11 is 3.35. The molecule has 0 spiro atoms. The first-order chi connectivity index (χ1) is 5.47. The molecule has 3 heteroatoms. The van der Waals surface area contributed by atoms with Crippen LogP contribution >= 0.6 is 15.9 Å². The molecule has 0 aromatic heterocycles. The van der Waals surface area contributed by atoms with E-state index in [-0.39, 0.29) is 0 Å². The van der Waals surface area contributed by atoms with Crippen LogP contribution in [0, 0.1) is 0 Å². The Hall–Kier alpha value is -0.150. The highest BCUT2D eigenvalue weighted by Crippen LogP contribution is 2.13. The lowest BCUT2D eigenvalue weighted by molar-refractivity contribution is 0.590. The molecule has 1 rings (SSSR count). The summed E-state index contributed by atoms with van der Waals surface area (Å²) in [7, 11) is -1.66. The average molecular weight is 248 g/mol. The number of rotatable bonds is 2. The lowest BCUT2D eigenvalue weighted by Crippen LogP contribution is -2.07. The van der Waals surface area contributed by atoms with Gasteiger partial charge in [-0.05, 0) is 12.1 Å². The van der Waals surface area contributed by atoms with Crippen LogP contribution in [0.15, 0.2) is 28.7 Å². The fraction of sp³-hybridized carbons (Fsp3) is 0.333. The summed E-state index contributed by atoms with van der Waals surface area (Å²) in [6, 6.07) is 7.94. The maximum absolute atomic E-state index is 11.4. The van der Waals surface area contributed by atoms with Gasteiger partial charge in [-0.25, -0.2) is 0 Å². The number of hydrogen-bond donors (Lipinski definition) is 0. The molecule has 1 aromatic rings. The Morgan fingerprint density at radius 1 is 1.25 bits per heavy atom. The molecule has 0 saturated heterocycles. The van der Waals surface area contributed by atoms with E-state index < -0.39 is 9.93 Å². The molecule has 12 heavy (non-hydrogen) atoms. The first-order valence-corrected chi connectivity index (χ1v) is 6.97. The summed E-state index contributed by atoms with van der Waals surface area (Å²) in [5.74, 6) is 0.667. The van der Waals surface area contributed by atoms with Crippen LogP contribution in [0.1, 0.15) is 5.56 Å². The maximum Gasteiger partial charge on any atom is 0.136 e. The molecule has 0 aliphatic heterocycles. The van der Waals surface area contributed by atoms with Gasteiger partial charge in [0.15, 0.2) is 0 Å². The number of hydrogen-bond acceptors (Lipinski definition) is 1. The van der Waals surface area contributed by atoms with Crippen LogP contribution in [0.3, 0.4) is 0 Å². The summed E-state index contributed by atoms with van der Waals surface area (Å²) in [5, 5.41) is 0. The third-order valence-electron chi connectivity index (χ3n) is 1.43. The molecule has 0 aliphatic carbocycles. The highest BCUT2D eigenvalue weighted by Gasteiger charge is 2.12. The van der Waals surface area contributed by atoms with E-state index in [1.165, 1.54) is 0 Å². The molecular weight excluding hydrogens is 236 g/mol. The van der Waals surface area contributed by atoms with Crippen molar-refractivity contribution in [3.63, 3.8) is 0 Å². The van der Waals surface area contributed by atoms with Gasteiger partial charge in [-0.2, -0.15) is 0 Å². The van der Waals surface area contributed by atoms with Gasteiger partial charge < -0.3 is 0 Å². The molecule has 0 fully saturated rings. The molecule has 0 N–H and O–H groups in total. The SMILES string of the molecule is C[S+](C)(=O)Cc1ccc(Br)cc1. The first kappa shape index (κ1) is 9.93. The third kappa shape index (κ3) is 3.50. The summed E-state index contributed by atoms with van der Waals surface area (Å²) in [6.45, 7) is 0. The van der Waals surface area contributed by atoms with Crippen LogP contribution in [0.2, 0.25) is 0 Å². The largest absolute Gasteiger partial charge is 0.136 e. The van der Waals surface area contributed by atoms with Crippen molar-refractivity contribution in [3.05, 3.63) is 34.3 Å². The van der Waals surface area contributed by atoms with E-state index in [2.05, 4.69) is 15.9 Å². The van der Waals surface area contributed by atoms with Crippen LogP contribution in [0.4, 0.5) is 0 Å². The van der Waals surface area contributed by atoms with Crippen molar-refractivity contribution in [2.75, 3.05) is 12.5 Å². The molecule has 0 heterocycles. The van der Waals surface area contributed by atoms with Crippen molar-refractivity contribution < 1.29 is 4.21 Å². The molecule has 0 radical (unpaired) electrons. The van der Waals surface area contributed by atoms with E-state index in [1.54, 1.807) is 12.5 Å². The smallest absolute Gasteiger partial charge is 0.106 e. The monoisotopic (exact) mass is 247 g/mol. The summed E-state index contributed by atoms with van der Waals surface area (Å²) < 4.78 is 12.5. The van der Waals surface area contributed by atoms with Gasteiger partial charge in [0.1, 0.15) is 18.3 Å². The van der Waals surface area contributed by atoms with Crippen LogP contribution < -0.4 is 0 Å². The summed E-state index contributed by atoms with van der Waals surface area (Å²) in [6.07, 6.45) is 3.57. The minimum absolute atomic E-state index is 0.667. The summed E-state index contributed by atoms with van der Waals surface area (Å²) in [4.78, 5) is 0. The van der Waals surface area contributed by atoms with E-state index in [0.717, 1.165) is 10.0 Å². The Morgan fingerprint density at radius 2 is 1.75 bits per heavy atom. The van der Waals surface area contributed by atoms with Crippen molar-refractivity contribution in [2.45, 2.75) is 5.75 Å². The molecule has 0 unspecified atom stereocenters. The Balaban J connectivity index is 2.78. The van der Waals surface area contributed by atoms with Crippen molar-refractivity contribution in [2.24, 2.45) is 0 Å². The zero-order chi connectivity index (χ0) is 9.19. The van der Waals surface area contributed by atoms with Crippen molar-refractivity contribution in [3.8, 4) is 0 Å². The molecule has 1 nitrogen and oxygen atoms in total. The lowest BCUT2D eigenvalue weighted by Gasteiger charge is -2.00. The highest BCUT2D eigenvalue weighted by atomic mass is 79.9. The zero-order valence-corrected chi connectivity index (χ0v) is 9.61. The van der Waals surface area contributed by atoms with Crippen molar-refractivity contribution in [1.29, 1.82) is 0 Å². The van der Waals surface area contributed by atoms with Crippen molar-refractivity contribution >= 4 is 25.9 Å². The fourth-order valence-corrected chi connectivity index (χ4v) is 2.24. The molecule has 0 aliphatic rings. The quantitative estimate of drug-likeness (QED) is 0.735. The second-order valence-electron chi connectivity index (χ2n) is 3.21. The molecule has 1 aromatic carbocycles. The van der Waals surface area contributed by atoms with Gasteiger partial charge in [0.05, 0.1) is 9.93 Å². The zero-order valence-electron chi connectivity index (χ0n) is 7.21. The van der Waals surface area contributed by atoms with E-state index >= 15 is 0 Å². The lowest BCUT2D eigenvalue weighted by atomic mass is 10.2. The second-order valence-corrected chi connectivity index (χ2v) is 7.29. The Kier molecular flexibility index (Phi) is 3.07. The average Bonchev–Trinajstić information content (AvgIpc) is 1.91. The molecule has 0 saturated carbocycles. The van der Waals surface area contributed by atoms with Crippen LogP contribution in [0.5, 0.6) is 0 Å². The third-order valence-corrected chi connectivity index (χ3v) is 2.98. The van der Waals surface area contributed by atoms with Crippen molar-refractivity contribution in [1.82, 2.24) is 0 Å². The first-order valence-electron chi connectivity index (χ1n) is 3.64. The van der Waals surface area contributed by atoms with Gasteiger partial charge in [0.25, 0.3) is 0 Å². The topological polar surface area (TPSA) is 17.1 Å². The second kappa shape index (κ2) is 3.71. The molecule has 0 bridgehead atoms. The van der Waals surface area contributed by atoms with E-state index in [1.807, 2.05) is 24.3 Å². The number of halogens is 1. The molecule has 66 valence electrons. The van der Waals surface area contributed by atoms with Gasteiger partial charge in [-0.3, -0.25) is 0 Å². The van der Waals surface area contributed by atoms with E-state index in [0.29, 0.717) is 5.75 Å². The molecular formula is C9H12BrOS+. The summed E-state index contributed by atoms with van der Waals surface area (Å²) in [5.41, 5.74) is 1.13.